The maximum Gasteiger partial charge on any atom is 0.335 e. The molecule has 0 saturated heterocycles. The van der Waals surface area contributed by atoms with Crippen molar-refractivity contribution in [3.63, 3.8) is 0 Å². The fourth-order valence-corrected chi connectivity index (χ4v) is 2.84. The van der Waals surface area contributed by atoms with Crippen molar-refractivity contribution in [1.29, 1.82) is 0 Å². The molecule has 2 unspecified atom stereocenters. The predicted molar refractivity (Wildman–Crippen MR) is 67.0 cm³/mol. The molecule has 0 bridgehead atoms. The third-order valence-electron chi connectivity index (χ3n) is 2.45. The van der Waals surface area contributed by atoms with E-state index in [1.54, 1.807) is 19.1 Å². The summed E-state index contributed by atoms with van der Waals surface area (Å²) in [4.78, 5) is 21.6. The highest BCUT2D eigenvalue weighted by molar-refractivity contribution is 7.85. The van der Waals surface area contributed by atoms with Gasteiger partial charge in [-0.15, -0.1) is 0 Å². The van der Waals surface area contributed by atoms with Gasteiger partial charge in [-0.05, 0) is 24.1 Å². The third kappa shape index (κ3) is 3.66. The first-order valence-electron chi connectivity index (χ1n) is 5.38. The second kappa shape index (κ2) is 6.30. The number of carbonyl (C=O) groups is 2. The van der Waals surface area contributed by atoms with Crippen LogP contribution in [-0.4, -0.2) is 31.6 Å². The van der Waals surface area contributed by atoms with Crippen LogP contribution >= 0.6 is 0 Å². The average molecular weight is 270 g/mol. The summed E-state index contributed by atoms with van der Waals surface area (Å²) in [5.41, 5.74) is 0.667. The van der Waals surface area contributed by atoms with E-state index in [-0.39, 0.29) is 17.7 Å². The van der Waals surface area contributed by atoms with Crippen molar-refractivity contribution in [3.8, 4) is 0 Å². The summed E-state index contributed by atoms with van der Waals surface area (Å²) >= 11 is 0. The lowest BCUT2D eigenvalue weighted by Crippen LogP contribution is -2.25. The Morgan fingerprint density at radius 1 is 1.33 bits per heavy atom. The zero-order chi connectivity index (χ0) is 13.7. The molecule has 0 aliphatic heterocycles. The first-order chi connectivity index (χ1) is 8.45. The third-order valence-corrected chi connectivity index (χ3v) is 4.23. The Kier molecular flexibility index (Phi) is 5.03. The van der Waals surface area contributed by atoms with Gasteiger partial charge >= 0.3 is 11.9 Å². The normalized spacial score (nSPS) is 13.8. The zero-order valence-corrected chi connectivity index (χ0v) is 10.6. The summed E-state index contributed by atoms with van der Waals surface area (Å²) in [5.74, 6) is -2.11. The summed E-state index contributed by atoms with van der Waals surface area (Å²) in [7, 11) is -1.55. The van der Waals surface area contributed by atoms with E-state index >= 15 is 0 Å². The molecule has 0 aliphatic carbocycles. The van der Waals surface area contributed by atoms with Gasteiger partial charge in [-0.2, -0.15) is 0 Å². The number of carboxylic acid groups (broad SMARTS) is 2. The largest absolute Gasteiger partial charge is 0.480 e. The van der Waals surface area contributed by atoms with Crippen LogP contribution in [0, 0.1) is 0 Å². The molecule has 0 heterocycles. The summed E-state index contributed by atoms with van der Waals surface area (Å²) in [5, 5.41) is 16.8. The van der Waals surface area contributed by atoms with E-state index in [0.29, 0.717) is 5.56 Å². The van der Waals surface area contributed by atoms with Gasteiger partial charge < -0.3 is 10.2 Å². The standard InChI is InChI=1S/C12H14O5S/c1-2-10(12(15)16)18(17)7-8-4-3-5-9(6-8)11(13)14/h3-6,10H,2,7H2,1H3,(H,13,14)(H,15,16). The van der Waals surface area contributed by atoms with Crippen LogP contribution in [0.2, 0.25) is 0 Å². The number of benzene rings is 1. The van der Waals surface area contributed by atoms with E-state index in [4.69, 9.17) is 10.2 Å². The summed E-state index contributed by atoms with van der Waals surface area (Å²) in [6.45, 7) is 1.66. The number of aromatic carboxylic acids is 1. The molecule has 0 amide bonds. The minimum atomic E-state index is -1.55. The van der Waals surface area contributed by atoms with Crippen LogP contribution in [-0.2, 0) is 21.3 Å². The SMILES string of the molecule is CCC(C(=O)O)S(=O)Cc1cccc(C(=O)O)c1. The van der Waals surface area contributed by atoms with Crippen LogP contribution in [0.1, 0.15) is 29.3 Å². The number of carboxylic acids is 2. The van der Waals surface area contributed by atoms with Crippen LogP contribution in [0.5, 0.6) is 0 Å². The molecule has 1 rings (SSSR count). The van der Waals surface area contributed by atoms with Crippen molar-refractivity contribution in [1.82, 2.24) is 0 Å². The van der Waals surface area contributed by atoms with Gasteiger partial charge in [0.15, 0.2) is 0 Å². The number of hydrogen-bond acceptors (Lipinski definition) is 3. The molecule has 0 fully saturated rings. The molecule has 0 saturated carbocycles. The Bertz CT molecular complexity index is 483. The van der Waals surface area contributed by atoms with Gasteiger partial charge in [-0.3, -0.25) is 9.00 Å². The van der Waals surface area contributed by atoms with E-state index in [1.165, 1.54) is 12.1 Å². The molecule has 1 aromatic rings. The quantitative estimate of drug-likeness (QED) is 0.817. The van der Waals surface area contributed by atoms with Crippen LogP contribution < -0.4 is 0 Å². The molecule has 0 radical (unpaired) electrons. The lowest BCUT2D eigenvalue weighted by molar-refractivity contribution is -0.136. The Morgan fingerprint density at radius 2 is 2.00 bits per heavy atom. The second-order valence-corrected chi connectivity index (χ2v) is 5.38. The first kappa shape index (κ1) is 14.4. The minimum Gasteiger partial charge on any atom is -0.480 e. The van der Waals surface area contributed by atoms with Crippen molar-refractivity contribution in [3.05, 3.63) is 35.4 Å². The Labute approximate surface area is 107 Å². The number of hydrogen-bond donors (Lipinski definition) is 2. The molecular weight excluding hydrogens is 256 g/mol. The first-order valence-corrected chi connectivity index (χ1v) is 6.76. The molecule has 1 aromatic carbocycles. The molecule has 0 aliphatic rings. The van der Waals surface area contributed by atoms with Gasteiger partial charge in [0.05, 0.1) is 5.56 Å². The van der Waals surface area contributed by atoms with E-state index in [9.17, 15) is 13.8 Å². The number of rotatable bonds is 6. The predicted octanol–water partition coefficient (Wildman–Crippen LogP) is 1.50. The lowest BCUT2D eigenvalue weighted by atomic mass is 10.1. The van der Waals surface area contributed by atoms with E-state index in [0.717, 1.165) is 0 Å². The van der Waals surface area contributed by atoms with Gasteiger partial charge in [0.1, 0.15) is 5.25 Å². The maximum absolute atomic E-state index is 11.8. The highest BCUT2D eigenvalue weighted by atomic mass is 32.2. The molecular formula is C12H14O5S. The zero-order valence-electron chi connectivity index (χ0n) is 9.83. The monoisotopic (exact) mass is 270 g/mol. The van der Waals surface area contributed by atoms with Crippen LogP contribution in [0.3, 0.4) is 0 Å². The van der Waals surface area contributed by atoms with Crippen molar-refractivity contribution in [2.45, 2.75) is 24.3 Å². The summed E-state index contributed by atoms with van der Waals surface area (Å²) < 4.78 is 11.8. The smallest absolute Gasteiger partial charge is 0.335 e. The van der Waals surface area contributed by atoms with Crippen molar-refractivity contribution in [2.24, 2.45) is 0 Å². The summed E-state index contributed by atoms with van der Waals surface area (Å²) in [6.07, 6.45) is 0.278. The number of aliphatic carboxylic acids is 1. The van der Waals surface area contributed by atoms with Gasteiger partial charge in [0.2, 0.25) is 0 Å². The van der Waals surface area contributed by atoms with Crippen LogP contribution in [0.25, 0.3) is 0 Å². The minimum absolute atomic E-state index is 0.0475. The highest BCUT2D eigenvalue weighted by Crippen LogP contribution is 2.12. The van der Waals surface area contributed by atoms with E-state index in [2.05, 4.69) is 0 Å². The van der Waals surface area contributed by atoms with Crippen LogP contribution in [0.4, 0.5) is 0 Å². The van der Waals surface area contributed by atoms with Gasteiger partial charge in [0, 0.05) is 16.6 Å². The Morgan fingerprint density at radius 3 is 2.50 bits per heavy atom. The second-order valence-electron chi connectivity index (χ2n) is 3.77. The molecule has 18 heavy (non-hydrogen) atoms. The Hall–Kier alpha value is -1.69. The molecule has 98 valence electrons. The van der Waals surface area contributed by atoms with Gasteiger partial charge in [-0.1, -0.05) is 19.1 Å². The molecule has 5 nitrogen and oxygen atoms in total. The van der Waals surface area contributed by atoms with E-state index < -0.39 is 28.0 Å². The molecule has 6 heteroatoms. The molecule has 0 aromatic heterocycles. The van der Waals surface area contributed by atoms with E-state index in [1.807, 2.05) is 0 Å². The fourth-order valence-electron chi connectivity index (χ4n) is 1.53. The van der Waals surface area contributed by atoms with Crippen molar-refractivity contribution >= 4 is 22.7 Å². The topological polar surface area (TPSA) is 91.7 Å². The molecule has 2 N–H and O–H groups in total. The van der Waals surface area contributed by atoms with Crippen molar-refractivity contribution < 1.29 is 24.0 Å². The lowest BCUT2D eigenvalue weighted by Gasteiger charge is -2.09. The Balaban J connectivity index is 2.84. The van der Waals surface area contributed by atoms with Gasteiger partial charge in [-0.25, -0.2) is 4.79 Å². The van der Waals surface area contributed by atoms with Gasteiger partial charge in [0.25, 0.3) is 0 Å². The highest BCUT2D eigenvalue weighted by Gasteiger charge is 2.22. The molecule has 0 spiro atoms. The van der Waals surface area contributed by atoms with Crippen molar-refractivity contribution in [2.75, 3.05) is 0 Å². The average Bonchev–Trinajstić information content (AvgIpc) is 2.29. The fraction of sp³-hybridized carbons (Fsp3) is 0.333. The summed E-state index contributed by atoms with van der Waals surface area (Å²) in [6, 6.07) is 6.04. The van der Waals surface area contributed by atoms with Crippen LogP contribution in [0.15, 0.2) is 24.3 Å². The maximum atomic E-state index is 11.8. The molecule has 2 atom stereocenters.